The minimum atomic E-state index is -0.182. The van der Waals surface area contributed by atoms with Gasteiger partial charge in [0.15, 0.2) is 12.6 Å². The molecule has 0 unspecified atom stereocenters. The molecule has 0 bridgehead atoms. The lowest BCUT2D eigenvalue weighted by atomic mass is 10.1. The molecule has 1 fully saturated rings. The van der Waals surface area contributed by atoms with Crippen molar-refractivity contribution in [2.24, 2.45) is 4.99 Å². The number of rotatable bonds is 10. The number of halogens is 1. The monoisotopic (exact) mass is 412 g/mol. The normalized spacial score (nSPS) is 13.6. The van der Waals surface area contributed by atoms with Gasteiger partial charge in [0.1, 0.15) is 11.6 Å². The fraction of sp³-hybridized carbons (Fsp3) is 0.391. The molecule has 2 aromatic carbocycles. The number of guanidine groups is 1. The Kier molecular flexibility index (Phi) is 8.06. The molecule has 0 aromatic heterocycles. The van der Waals surface area contributed by atoms with E-state index < -0.39 is 0 Å². The van der Waals surface area contributed by atoms with Gasteiger partial charge in [0, 0.05) is 26.2 Å². The van der Waals surface area contributed by atoms with Gasteiger partial charge in [0.05, 0.1) is 0 Å². The summed E-state index contributed by atoms with van der Waals surface area (Å²) in [6.07, 6.45) is 3.55. The van der Waals surface area contributed by atoms with Crippen LogP contribution in [0.5, 0.6) is 5.75 Å². The average Bonchev–Trinajstić information content (AvgIpc) is 3.57. The molecule has 7 heteroatoms. The lowest BCUT2D eigenvalue weighted by molar-refractivity contribution is -0.123. The molecule has 3 N–H and O–H groups in total. The number of nitrogens with one attached hydrogen (secondary N) is 3. The highest BCUT2D eigenvalue weighted by Crippen LogP contribution is 2.18. The van der Waals surface area contributed by atoms with Gasteiger partial charge in [-0.2, -0.15) is 0 Å². The summed E-state index contributed by atoms with van der Waals surface area (Å²) in [6.45, 7) is 1.36. The summed E-state index contributed by atoms with van der Waals surface area (Å²) in [4.78, 5) is 15.9. The number of carbonyl (C=O) groups is 1. The minimum absolute atomic E-state index is 0.0479. The van der Waals surface area contributed by atoms with E-state index in [2.05, 4.69) is 20.9 Å². The van der Waals surface area contributed by atoms with Crippen LogP contribution in [0.25, 0.3) is 0 Å². The highest BCUT2D eigenvalue weighted by molar-refractivity contribution is 5.79. The molecule has 0 spiro atoms. The van der Waals surface area contributed by atoms with Gasteiger partial charge in [0.25, 0.3) is 5.91 Å². The molecule has 1 amide bonds. The number of amides is 1. The van der Waals surface area contributed by atoms with Crippen molar-refractivity contribution >= 4 is 11.9 Å². The number of aliphatic imine (C=N–C) groups is 1. The van der Waals surface area contributed by atoms with E-state index >= 15 is 0 Å². The zero-order chi connectivity index (χ0) is 21.2. The van der Waals surface area contributed by atoms with Gasteiger partial charge in [-0.05, 0) is 55.0 Å². The molecule has 0 radical (unpaired) electrons. The Morgan fingerprint density at radius 2 is 1.77 bits per heavy atom. The number of ether oxygens (including phenoxy) is 1. The Hall–Kier alpha value is -3.09. The summed E-state index contributed by atoms with van der Waals surface area (Å²) in [5.41, 5.74) is 1.84. The van der Waals surface area contributed by atoms with E-state index in [1.165, 1.54) is 6.07 Å². The SMILES string of the molecule is CN=C(NCCc1ccc(OCC(=O)NC2CC2)cc1)NCCc1ccccc1F. The van der Waals surface area contributed by atoms with E-state index in [1.807, 2.05) is 30.3 Å². The van der Waals surface area contributed by atoms with Crippen molar-refractivity contribution in [1.29, 1.82) is 0 Å². The Bertz CT molecular complexity index is 851. The first kappa shape index (κ1) is 21.6. The molecule has 1 saturated carbocycles. The summed E-state index contributed by atoms with van der Waals surface area (Å²) in [6, 6.07) is 14.9. The minimum Gasteiger partial charge on any atom is -0.484 e. The van der Waals surface area contributed by atoms with E-state index in [0.29, 0.717) is 42.8 Å². The summed E-state index contributed by atoms with van der Waals surface area (Å²) in [7, 11) is 1.71. The first-order valence-corrected chi connectivity index (χ1v) is 10.3. The third kappa shape index (κ3) is 7.39. The maximum Gasteiger partial charge on any atom is 0.258 e. The van der Waals surface area contributed by atoms with Crippen LogP contribution in [0.1, 0.15) is 24.0 Å². The van der Waals surface area contributed by atoms with E-state index in [9.17, 15) is 9.18 Å². The first-order chi connectivity index (χ1) is 14.6. The molecule has 6 nitrogen and oxygen atoms in total. The molecule has 3 rings (SSSR count). The molecule has 0 atom stereocenters. The third-order valence-electron chi connectivity index (χ3n) is 4.81. The van der Waals surface area contributed by atoms with Gasteiger partial charge < -0.3 is 20.7 Å². The number of benzene rings is 2. The second-order valence-corrected chi connectivity index (χ2v) is 7.29. The Morgan fingerprint density at radius 1 is 1.07 bits per heavy atom. The van der Waals surface area contributed by atoms with Crippen LogP contribution in [0.4, 0.5) is 4.39 Å². The van der Waals surface area contributed by atoms with Crippen molar-refractivity contribution in [2.45, 2.75) is 31.7 Å². The smallest absolute Gasteiger partial charge is 0.258 e. The highest BCUT2D eigenvalue weighted by atomic mass is 19.1. The number of nitrogens with zero attached hydrogens (tertiary/aromatic N) is 1. The van der Waals surface area contributed by atoms with Crippen LogP contribution in [-0.4, -0.2) is 44.7 Å². The number of hydrogen-bond acceptors (Lipinski definition) is 3. The largest absolute Gasteiger partial charge is 0.484 e. The zero-order valence-electron chi connectivity index (χ0n) is 17.3. The molecule has 0 saturated heterocycles. The maximum atomic E-state index is 13.7. The second kappa shape index (κ2) is 11.2. The lowest BCUT2D eigenvalue weighted by Gasteiger charge is -2.12. The van der Waals surface area contributed by atoms with Gasteiger partial charge in [-0.3, -0.25) is 9.79 Å². The van der Waals surface area contributed by atoms with E-state index in [0.717, 1.165) is 24.8 Å². The Morgan fingerprint density at radius 3 is 2.43 bits per heavy atom. The molecule has 2 aromatic rings. The number of carbonyl (C=O) groups excluding carboxylic acids is 1. The Balaban J connectivity index is 1.33. The van der Waals surface area contributed by atoms with Gasteiger partial charge in [-0.25, -0.2) is 4.39 Å². The van der Waals surface area contributed by atoms with Crippen LogP contribution in [0.3, 0.4) is 0 Å². The molecule has 30 heavy (non-hydrogen) atoms. The van der Waals surface area contributed by atoms with E-state index in [4.69, 9.17) is 4.74 Å². The summed E-state index contributed by atoms with van der Waals surface area (Å²) >= 11 is 0. The molecule has 0 aliphatic heterocycles. The first-order valence-electron chi connectivity index (χ1n) is 10.3. The van der Waals surface area contributed by atoms with Crippen LogP contribution < -0.4 is 20.7 Å². The topological polar surface area (TPSA) is 74.8 Å². The average molecular weight is 413 g/mol. The summed E-state index contributed by atoms with van der Waals surface area (Å²) in [5, 5.41) is 9.36. The molecule has 1 aliphatic rings. The van der Waals surface area contributed by atoms with Gasteiger partial charge in [-0.15, -0.1) is 0 Å². The second-order valence-electron chi connectivity index (χ2n) is 7.29. The van der Waals surface area contributed by atoms with Crippen molar-refractivity contribution in [1.82, 2.24) is 16.0 Å². The standard InChI is InChI=1S/C23H29FN4O2/c1-25-23(27-15-13-18-4-2-3-5-21(18)24)26-14-12-17-6-10-20(11-7-17)30-16-22(29)28-19-8-9-19/h2-7,10-11,19H,8-9,12-16H2,1H3,(H,28,29)(H2,25,26,27). The molecular weight excluding hydrogens is 383 g/mol. The quantitative estimate of drug-likeness (QED) is 0.414. The molecule has 160 valence electrons. The van der Waals surface area contributed by atoms with Crippen LogP contribution in [0.15, 0.2) is 53.5 Å². The third-order valence-corrected chi connectivity index (χ3v) is 4.81. The maximum absolute atomic E-state index is 13.7. The predicted molar refractivity (Wildman–Crippen MR) is 116 cm³/mol. The van der Waals surface area contributed by atoms with Crippen molar-refractivity contribution in [3.8, 4) is 5.75 Å². The van der Waals surface area contributed by atoms with Crippen molar-refractivity contribution < 1.29 is 13.9 Å². The fourth-order valence-electron chi connectivity index (χ4n) is 2.96. The van der Waals surface area contributed by atoms with Gasteiger partial charge >= 0.3 is 0 Å². The molecule has 0 heterocycles. The summed E-state index contributed by atoms with van der Waals surface area (Å²) < 4.78 is 19.2. The van der Waals surface area contributed by atoms with Gasteiger partial charge in [0.2, 0.25) is 0 Å². The highest BCUT2D eigenvalue weighted by Gasteiger charge is 2.23. The Labute approximate surface area is 176 Å². The van der Waals surface area contributed by atoms with E-state index in [1.54, 1.807) is 19.2 Å². The zero-order valence-corrected chi connectivity index (χ0v) is 17.3. The fourth-order valence-corrected chi connectivity index (χ4v) is 2.96. The van der Waals surface area contributed by atoms with Crippen LogP contribution in [0, 0.1) is 5.82 Å². The van der Waals surface area contributed by atoms with Gasteiger partial charge in [-0.1, -0.05) is 30.3 Å². The lowest BCUT2D eigenvalue weighted by Crippen LogP contribution is -2.39. The molecule has 1 aliphatic carbocycles. The van der Waals surface area contributed by atoms with Crippen molar-refractivity contribution in [3.05, 3.63) is 65.5 Å². The molecular formula is C23H29FN4O2. The van der Waals surface area contributed by atoms with Crippen LogP contribution in [0.2, 0.25) is 0 Å². The van der Waals surface area contributed by atoms with Crippen LogP contribution in [-0.2, 0) is 17.6 Å². The van der Waals surface area contributed by atoms with E-state index in [-0.39, 0.29) is 18.3 Å². The summed E-state index contributed by atoms with van der Waals surface area (Å²) in [5.74, 6) is 1.12. The van der Waals surface area contributed by atoms with Crippen molar-refractivity contribution in [3.63, 3.8) is 0 Å². The van der Waals surface area contributed by atoms with Crippen LogP contribution >= 0.6 is 0 Å². The van der Waals surface area contributed by atoms with Crippen molar-refractivity contribution in [2.75, 3.05) is 26.7 Å². The predicted octanol–water partition coefficient (Wildman–Crippen LogP) is 2.43. The number of hydrogen-bond donors (Lipinski definition) is 3.